The maximum Gasteiger partial charge on any atom is 0.389 e. The summed E-state index contributed by atoms with van der Waals surface area (Å²) in [7, 11) is -3.86. The molecule has 0 aliphatic heterocycles. The molecule has 0 aliphatic rings. The highest BCUT2D eigenvalue weighted by molar-refractivity contribution is 7.91. The van der Waals surface area contributed by atoms with E-state index in [1.807, 2.05) is 0 Å². The maximum absolute atomic E-state index is 12.6. The van der Waals surface area contributed by atoms with Crippen molar-refractivity contribution >= 4 is 43.7 Å². The topological polar surface area (TPSA) is 94.3 Å². The first-order valence-electron chi connectivity index (χ1n) is 8.78. The molecule has 13 heteroatoms. The van der Waals surface area contributed by atoms with Crippen molar-refractivity contribution in [2.24, 2.45) is 0 Å². The summed E-state index contributed by atoms with van der Waals surface area (Å²) in [6.45, 7) is -0.218. The number of alkyl halides is 3. The van der Waals surface area contributed by atoms with Gasteiger partial charge in [-0.1, -0.05) is 28.9 Å². The molecule has 2 heterocycles. The van der Waals surface area contributed by atoms with E-state index in [0.717, 1.165) is 16.2 Å². The van der Waals surface area contributed by atoms with Gasteiger partial charge in [0.15, 0.2) is 27.4 Å². The number of anilines is 1. The minimum absolute atomic E-state index is 0.0575. The number of rotatable bonds is 9. The molecule has 0 N–H and O–H groups in total. The number of halogens is 4. The Labute approximate surface area is 186 Å². The van der Waals surface area contributed by atoms with E-state index in [1.54, 1.807) is 6.07 Å². The minimum Gasteiger partial charge on any atom is -0.619 e. The van der Waals surface area contributed by atoms with E-state index in [-0.39, 0.29) is 16.7 Å². The molecule has 0 aliphatic carbocycles. The van der Waals surface area contributed by atoms with Gasteiger partial charge in [0.2, 0.25) is 5.91 Å². The van der Waals surface area contributed by atoms with Gasteiger partial charge in [0.25, 0.3) is 0 Å². The standard InChI is InChI=1S/C18H17ClF3N3O4S2/c1-2-8-25(14(26)6-11-31(28,29)10-4-7-18(20,21)22)17-15(19)23-16(30-17)13-5-3-9-24(27)12-13/h1,3,5,9,12H,4,6-8,10-11H2. The molecule has 1 amide bonds. The molecule has 2 rings (SSSR count). The lowest BCUT2D eigenvalue weighted by Gasteiger charge is -2.18. The highest BCUT2D eigenvalue weighted by Gasteiger charge is 2.28. The fourth-order valence-corrected chi connectivity index (χ4v) is 5.09. The number of sulfone groups is 1. The zero-order valence-electron chi connectivity index (χ0n) is 15.9. The Kier molecular flexibility index (Phi) is 8.27. The van der Waals surface area contributed by atoms with Gasteiger partial charge >= 0.3 is 6.18 Å². The molecule has 31 heavy (non-hydrogen) atoms. The molecule has 7 nitrogen and oxygen atoms in total. The molecule has 168 valence electrons. The molecule has 2 aromatic rings. The van der Waals surface area contributed by atoms with E-state index in [2.05, 4.69) is 10.9 Å². The Morgan fingerprint density at radius 2 is 2.10 bits per heavy atom. The zero-order chi connectivity index (χ0) is 23.2. The number of carbonyl (C=O) groups is 1. The third-order valence-corrected chi connectivity index (χ3v) is 7.17. The third-order valence-electron chi connectivity index (χ3n) is 3.93. The van der Waals surface area contributed by atoms with Gasteiger partial charge in [-0.2, -0.15) is 17.9 Å². The van der Waals surface area contributed by atoms with Crippen molar-refractivity contribution in [3.63, 3.8) is 0 Å². The molecular formula is C18H17ClF3N3O4S2. The van der Waals surface area contributed by atoms with Crippen LogP contribution in [0.2, 0.25) is 5.15 Å². The quantitative estimate of drug-likeness (QED) is 0.302. The first-order chi connectivity index (χ1) is 14.4. The monoisotopic (exact) mass is 495 g/mol. The van der Waals surface area contributed by atoms with Crippen molar-refractivity contribution in [3.05, 3.63) is 34.9 Å². The molecule has 0 aromatic carbocycles. The summed E-state index contributed by atoms with van der Waals surface area (Å²) in [4.78, 5) is 17.8. The van der Waals surface area contributed by atoms with Gasteiger partial charge in [-0.25, -0.2) is 13.4 Å². The molecule has 0 spiro atoms. The van der Waals surface area contributed by atoms with Crippen molar-refractivity contribution in [1.82, 2.24) is 4.98 Å². The second-order valence-corrected chi connectivity index (χ2v) is 10.0. The molecule has 0 atom stereocenters. The molecule has 2 aromatic heterocycles. The number of hydrogen-bond acceptors (Lipinski definition) is 6. The molecule has 0 radical (unpaired) electrons. The number of thiazole rings is 1. The number of amides is 1. The molecule has 0 fully saturated rings. The summed E-state index contributed by atoms with van der Waals surface area (Å²) >= 11 is 7.13. The number of hydrogen-bond donors (Lipinski definition) is 0. The first kappa shape index (κ1) is 24.9. The lowest BCUT2D eigenvalue weighted by atomic mass is 10.3. The summed E-state index contributed by atoms with van der Waals surface area (Å²) < 4.78 is 61.1. The fraction of sp³-hybridized carbons (Fsp3) is 0.389. The number of nitrogens with zero attached hydrogens (tertiary/aromatic N) is 3. The van der Waals surface area contributed by atoms with Crippen molar-refractivity contribution in [2.75, 3.05) is 23.0 Å². The average molecular weight is 496 g/mol. The summed E-state index contributed by atoms with van der Waals surface area (Å²) in [6, 6.07) is 3.12. The maximum atomic E-state index is 12.6. The van der Waals surface area contributed by atoms with Crippen LogP contribution in [0.1, 0.15) is 19.3 Å². The lowest BCUT2D eigenvalue weighted by Crippen LogP contribution is -2.32. The molecule has 0 bridgehead atoms. The summed E-state index contributed by atoms with van der Waals surface area (Å²) in [5.41, 5.74) is 0.455. The number of carbonyl (C=O) groups excluding carboxylic acids is 1. The Hall–Kier alpha value is -2.36. The summed E-state index contributed by atoms with van der Waals surface area (Å²) in [5, 5.41) is 11.9. The minimum atomic E-state index is -4.44. The third kappa shape index (κ3) is 7.68. The number of terminal acetylenes is 1. The largest absolute Gasteiger partial charge is 0.619 e. The molecular weight excluding hydrogens is 479 g/mol. The molecule has 0 unspecified atom stereocenters. The van der Waals surface area contributed by atoms with Crippen LogP contribution in [0.3, 0.4) is 0 Å². The van der Waals surface area contributed by atoms with E-state index >= 15 is 0 Å². The predicted octanol–water partition coefficient (Wildman–Crippen LogP) is 3.21. The van der Waals surface area contributed by atoms with Crippen molar-refractivity contribution in [3.8, 4) is 22.9 Å². The average Bonchev–Trinajstić information content (AvgIpc) is 3.04. The lowest BCUT2D eigenvalue weighted by molar-refractivity contribution is -0.604. The fourth-order valence-electron chi connectivity index (χ4n) is 2.50. The van der Waals surface area contributed by atoms with E-state index in [1.165, 1.54) is 18.5 Å². The predicted molar refractivity (Wildman–Crippen MR) is 111 cm³/mol. The normalized spacial score (nSPS) is 11.8. The SMILES string of the molecule is C#CCN(C(=O)CCS(=O)(=O)CCCC(F)(F)F)c1sc(-c2ccc[n+]([O-])c2)nc1Cl. The smallest absolute Gasteiger partial charge is 0.389 e. The van der Waals surface area contributed by atoms with Crippen LogP contribution >= 0.6 is 22.9 Å². The van der Waals surface area contributed by atoms with E-state index in [4.69, 9.17) is 18.0 Å². The van der Waals surface area contributed by atoms with Crippen LogP contribution < -0.4 is 9.63 Å². The summed E-state index contributed by atoms with van der Waals surface area (Å²) in [5.74, 6) is 0.313. The van der Waals surface area contributed by atoms with Gasteiger partial charge in [-0.15, -0.1) is 6.42 Å². The van der Waals surface area contributed by atoms with Gasteiger partial charge in [-0.05, 0) is 12.5 Å². The molecule has 0 saturated carbocycles. The van der Waals surface area contributed by atoms with Crippen LogP contribution in [0, 0.1) is 17.6 Å². The van der Waals surface area contributed by atoms with Crippen LogP contribution in [0.25, 0.3) is 10.6 Å². The van der Waals surface area contributed by atoms with E-state index in [9.17, 15) is 31.6 Å². The van der Waals surface area contributed by atoms with Crippen LogP contribution in [-0.2, 0) is 14.6 Å². The van der Waals surface area contributed by atoms with Crippen LogP contribution in [0.15, 0.2) is 24.5 Å². The van der Waals surface area contributed by atoms with Crippen molar-refractivity contribution in [2.45, 2.75) is 25.4 Å². The summed E-state index contributed by atoms with van der Waals surface area (Å²) in [6.07, 6.45) is 1.14. The Morgan fingerprint density at radius 1 is 1.39 bits per heavy atom. The second kappa shape index (κ2) is 10.3. The zero-order valence-corrected chi connectivity index (χ0v) is 18.3. The second-order valence-electron chi connectivity index (χ2n) is 6.37. The van der Waals surface area contributed by atoms with Crippen molar-refractivity contribution < 1.29 is 31.1 Å². The van der Waals surface area contributed by atoms with E-state index in [0.29, 0.717) is 15.3 Å². The Morgan fingerprint density at radius 3 is 2.71 bits per heavy atom. The number of aromatic nitrogens is 2. The van der Waals surface area contributed by atoms with Gasteiger partial charge in [-0.3, -0.25) is 9.69 Å². The van der Waals surface area contributed by atoms with Gasteiger partial charge in [0.05, 0.1) is 23.6 Å². The Balaban J connectivity index is 2.12. The Bertz CT molecular complexity index is 1080. The van der Waals surface area contributed by atoms with E-state index < -0.39 is 52.7 Å². The van der Waals surface area contributed by atoms with Crippen molar-refractivity contribution in [1.29, 1.82) is 0 Å². The van der Waals surface area contributed by atoms with Gasteiger partial charge in [0, 0.05) is 18.9 Å². The van der Waals surface area contributed by atoms with Gasteiger partial charge < -0.3 is 5.21 Å². The van der Waals surface area contributed by atoms with Crippen LogP contribution in [0.4, 0.5) is 18.2 Å². The highest BCUT2D eigenvalue weighted by Crippen LogP contribution is 2.37. The van der Waals surface area contributed by atoms with Crippen LogP contribution in [0.5, 0.6) is 0 Å². The first-order valence-corrected chi connectivity index (χ1v) is 11.8. The molecule has 0 saturated heterocycles. The number of pyridine rings is 1. The van der Waals surface area contributed by atoms with Crippen LogP contribution in [-0.4, -0.2) is 43.5 Å². The van der Waals surface area contributed by atoms with Gasteiger partial charge in [0.1, 0.15) is 10.0 Å². The highest BCUT2D eigenvalue weighted by atomic mass is 35.5.